The average Bonchev–Trinajstić information content (AvgIpc) is 2.38. The summed E-state index contributed by atoms with van der Waals surface area (Å²) in [6.45, 7) is 9.77. The number of nitrogens with one attached hydrogen (secondary N) is 1. The maximum absolute atomic E-state index is 12.3. The second kappa shape index (κ2) is 7.85. The zero-order chi connectivity index (χ0) is 14.4. The second-order valence-corrected chi connectivity index (χ2v) is 6.28. The van der Waals surface area contributed by atoms with E-state index in [1.165, 1.54) is 0 Å². The number of aliphatic hydroxyl groups excluding tert-OH is 1. The molecule has 19 heavy (non-hydrogen) atoms. The van der Waals surface area contributed by atoms with Crippen LogP contribution >= 0.6 is 0 Å². The van der Waals surface area contributed by atoms with Crippen molar-refractivity contribution in [3.63, 3.8) is 0 Å². The third kappa shape index (κ3) is 4.77. The predicted molar refractivity (Wildman–Crippen MR) is 75.7 cm³/mol. The summed E-state index contributed by atoms with van der Waals surface area (Å²) in [5.41, 5.74) is 0. The molecular formula is C15H29NO3. The van der Waals surface area contributed by atoms with Crippen LogP contribution in [0.5, 0.6) is 0 Å². The van der Waals surface area contributed by atoms with E-state index in [1.807, 2.05) is 0 Å². The molecule has 1 fully saturated rings. The standard InChI is InChI=1S/C15H29NO3/c1-10(2)13(8-17)14(11(3)4)16-15(18)12-6-5-7-19-9-12/h10-14,17H,5-9H2,1-4H3,(H,16,18). The summed E-state index contributed by atoms with van der Waals surface area (Å²) >= 11 is 0. The van der Waals surface area contributed by atoms with Crippen molar-refractivity contribution in [1.29, 1.82) is 0 Å². The van der Waals surface area contributed by atoms with Crippen molar-refractivity contribution < 1.29 is 14.6 Å². The van der Waals surface area contributed by atoms with Gasteiger partial charge in [-0.05, 0) is 24.7 Å². The van der Waals surface area contributed by atoms with Crippen molar-refractivity contribution in [2.75, 3.05) is 19.8 Å². The number of carbonyl (C=O) groups excluding carboxylic acids is 1. The molecule has 1 amide bonds. The van der Waals surface area contributed by atoms with E-state index in [0.29, 0.717) is 18.4 Å². The van der Waals surface area contributed by atoms with Crippen LogP contribution in [0.3, 0.4) is 0 Å². The Morgan fingerprint density at radius 3 is 2.42 bits per heavy atom. The molecule has 0 saturated carbocycles. The van der Waals surface area contributed by atoms with Crippen molar-refractivity contribution in [3.8, 4) is 0 Å². The van der Waals surface area contributed by atoms with Crippen LogP contribution in [0, 0.1) is 23.7 Å². The minimum absolute atomic E-state index is 0.0264. The van der Waals surface area contributed by atoms with Crippen molar-refractivity contribution in [3.05, 3.63) is 0 Å². The van der Waals surface area contributed by atoms with Gasteiger partial charge in [-0.3, -0.25) is 4.79 Å². The fourth-order valence-electron chi connectivity index (χ4n) is 2.74. The van der Waals surface area contributed by atoms with E-state index < -0.39 is 0 Å². The second-order valence-electron chi connectivity index (χ2n) is 6.28. The van der Waals surface area contributed by atoms with Gasteiger partial charge in [0.25, 0.3) is 0 Å². The first-order chi connectivity index (χ1) is 8.97. The van der Waals surface area contributed by atoms with E-state index >= 15 is 0 Å². The van der Waals surface area contributed by atoms with Gasteiger partial charge >= 0.3 is 0 Å². The van der Waals surface area contributed by atoms with Gasteiger partial charge in [0.15, 0.2) is 0 Å². The molecule has 0 aromatic rings. The molecule has 3 unspecified atom stereocenters. The van der Waals surface area contributed by atoms with Crippen molar-refractivity contribution in [2.45, 2.75) is 46.6 Å². The fourth-order valence-corrected chi connectivity index (χ4v) is 2.74. The SMILES string of the molecule is CC(C)C(CO)C(NC(=O)C1CCCOC1)C(C)C. The lowest BCUT2D eigenvalue weighted by molar-refractivity contribution is -0.130. The average molecular weight is 271 g/mol. The van der Waals surface area contributed by atoms with Crippen LogP contribution < -0.4 is 5.32 Å². The molecule has 1 aliphatic heterocycles. The zero-order valence-corrected chi connectivity index (χ0v) is 12.7. The molecule has 3 atom stereocenters. The summed E-state index contributed by atoms with van der Waals surface area (Å²) in [5.74, 6) is 0.820. The van der Waals surface area contributed by atoms with E-state index in [-0.39, 0.29) is 30.4 Å². The lowest BCUT2D eigenvalue weighted by Crippen LogP contribution is -2.49. The van der Waals surface area contributed by atoms with Gasteiger partial charge in [-0.15, -0.1) is 0 Å². The lowest BCUT2D eigenvalue weighted by Gasteiger charge is -2.34. The third-order valence-corrected chi connectivity index (χ3v) is 4.09. The van der Waals surface area contributed by atoms with Crippen molar-refractivity contribution in [2.24, 2.45) is 23.7 Å². The van der Waals surface area contributed by atoms with Gasteiger partial charge < -0.3 is 15.2 Å². The van der Waals surface area contributed by atoms with Crippen LogP contribution in [0.15, 0.2) is 0 Å². The minimum Gasteiger partial charge on any atom is -0.396 e. The van der Waals surface area contributed by atoms with Crippen LogP contribution in [-0.2, 0) is 9.53 Å². The van der Waals surface area contributed by atoms with Crippen LogP contribution in [0.25, 0.3) is 0 Å². The largest absolute Gasteiger partial charge is 0.396 e. The van der Waals surface area contributed by atoms with E-state index in [9.17, 15) is 9.90 Å². The smallest absolute Gasteiger partial charge is 0.225 e. The maximum atomic E-state index is 12.3. The zero-order valence-electron chi connectivity index (χ0n) is 12.7. The molecule has 1 rings (SSSR count). The van der Waals surface area contributed by atoms with Gasteiger partial charge in [0, 0.05) is 25.2 Å². The Bertz CT molecular complexity index is 273. The number of rotatable bonds is 6. The Morgan fingerprint density at radius 2 is 2.00 bits per heavy atom. The molecule has 0 bridgehead atoms. The summed E-state index contributed by atoms with van der Waals surface area (Å²) < 4.78 is 5.37. The summed E-state index contributed by atoms with van der Waals surface area (Å²) in [6.07, 6.45) is 1.86. The Labute approximate surface area is 116 Å². The quantitative estimate of drug-likeness (QED) is 0.774. The number of aliphatic hydroxyl groups is 1. The fraction of sp³-hybridized carbons (Fsp3) is 0.933. The van der Waals surface area contributed by atoms with Crippen molar-refractivity contribution in [1.82, 2.24) is 5.32 Å². The molecule has 0 aromatic heterocycles. The molecule has 1 aliphatic rings. The summed E-state index contributed by atoms with van der Waals surface area (Å²) in [4.78, 5) is 12.3. The number of amides is 1. The normalized spacial score (nSPS) is 23.4. The number of hydrogen-bond acceptors (Lipinski definition) is 3. The first kappa shape index (κ1) is 16.4. The van der Waals surface area contributed by atoms with E-state index in [1.54, 1.807) is 0 Å². The monoisotopic (exact) mass is 271 g/mol. The molecule has 2 N–H and O–H groups in total. The highest BCUT2D eigenvalue weighted by molar-refractivity contribution is 5.79. The molecule has 0 aromatic carbocycles. The predicted octanol–water partition coefficient (Wildman–Crippen LogP) is 1.82. The van der Waals surface area contributed by atoms with Crippen molar-refractivity contribution >= 4 is 5.91 Å². The lowest BCUT2D eigenvalue weighted by atomic mass is 9.82. The summed E-state index contributed by atoms with van der Waals surface area (Å²) in [6, 6.07) is 0.0272. The Balaban J connectivity index is 2.64. The van der Waals surface area contributed by atoms with E-state index in [0.717, 1.165) is 19.4 Å². The molecule has 4 heteroatoms. The van der Waals surface area contributed by atoms with Crippen LogP contribution in [0.1, 0.15) is 40.5 Å². The molecule has 0 aliphatic carbocycles. The molecule has 0 radical (unpaired) electrons. The highest BCUT2D eigenvalue weighted by atomic mass is 16.5. The van der Waals surface area contributed by atoms with Gasteiger partial charge in [0.2, 0.25) is 5.91 Å². The molecule has 0 spiro atoms. The molecule has 4 nitrogen and oxygen atoms in total. The van der Waals surface area contributed by atoms with Crippen LogP contribution in [0.2, 0.25) is 0 Å². The molecule has 112 valence electrons. The Kier molecular flexibility index (Phi) is 6.80. The minimum atomic E-state index is -0.0264. The molecule has 1 heterocycles. The van der Waals surface area contributed by atoms with E-state index in [4.69, 9.17) is 4.74 Å². The molecular weight excluding hydrogens is 242 g/mol. The van der Waals surface area contributed by atoms with Crippen LogP contribution in [-0.4, -0.2) is 36.9 Å². The Morgan fingerprint density at radius 1 is 1.32 bits per heavy atom. The number of carbonyl (C=O) groups is 1. The third-order valence-electron chi connectivity index (χ3n) is 4.09. The first-order valence-electron chi connectivity index (χ1n) is 7.46. The van der Waals surface area contributed by atoms with Gasteiger partial charge in [0.1, 0.15) is 0 Å². The highest BCUT2D eigenvalue weighted by Crippen LogP contribution is 2.22. The molecule has 1 saturated heterocycles. The van der Waals surface area contributed by atoms with E-state index in [2.05, 4.69) is 33.0 Å². The van der Waals surface area contributed by atoms with Gasteiger partial charge in [-0.1, -0.05) is 27.7 Å². The number of hydrogen-bond donors (Lipinski definition) is 2. The summed E-state index contributed by atoms with van der Waals surface area (Å²) in [7, 11) is 0. The number of ether oxygens (including phenoxy) is 1. The summed E-state index contributed by atoms with van der Waals surface area (Å²) in [5, 5.41) is 12.7. The van der Waals surface area contributed by atoms with Gasteiger partial charge in [-0.25, -0.2) is 0 Å². The van der Waals surface area contributed by atoms with Crippen LogP contribution in [0.4, 0.5) is 0 Å². The topological polar surface area (TPSA) is 58.6 Å². The van der Waals surface area contributed by atoms with Gasteiger partial charge in [-0.2, -0.15) is 0 Å². The Hall–Kier alpha value is -0.610. The first-order valence-corrected chi connectivity index (χ1v) is 7.46. The maximum Gasteiger partial charge on any atom is 0.225 e. The highest BCUT2D eigenvalue weighted by Gasteiger charge is 2.31. The van der Waals surface area contributed by atoms with Gasteiger partial charge in [0.05, 0.1) is 12.5 Å².